The second kappa shape index (κ2) is 7.55. The van der Waals surface area contributed by atoms with E-state index in [1.807, 2.05) is 6.07 Å². The highest BCUT2D eigenvalue weighted by Gasteiger charge is 2.24. The van der Waals surface area contributed by atoms with E-state index in [-0.39, 0.29) is 5.56 Å². The van der Waals surface area contributed by atoms with Crippen molar-refractivity contribution < 1.29 is 0 Å². The molecule has 3 aromatic rings. The van der Waals surface area contributed by atoms with E-state index in [9.17, 15) is 4.79 Å². The number of fused-ring (bicyclic) bond motifs is 2. The molecule has 1 fully saturated rings. The van der Waals surface area contributed by atoms with Crippen LogP contribution in [0.25, 0.3) is 11.0 Å². The first-order chi connectivity index (χ1) is 14.2. The maximum Gasteiger partial charge on any atom is 0.257 e. The molecule has 0 bridgehead atoms. The average molecular weight is 390 g/mol. The molecular weight excluding hydrogens is 364 g/mol. The van der Waals surface area contributed by atoms with Gasteiger partial charge in [-0.3, -0.25) is 24.6 Å². The number of nitrogens with zero attached hydrogens (tertiary/aromatic N) is 5. The molecule has 1 N–H and O–H groups in total. The number of benzene rings is 1. The molecule has 0 amide bonds. The van der Waals surface area contributed by atoms with Gasteiger partial charge in [-0.15, -0.1) is 0 Å². The predicted octanol–water partition coefficient (Wildman–Crippen LogP) is 2.51. The summed E-state index contributed by atoms with van der Waals surface area (Å²) >= 11 is 0. The number of hydrogen-bond acceptors (Lipinski definition) is 6. The molecule has 1 saturated heterocycles. The lowest BCUT2D eigenvalue weighted by atomic mass is 10.0. The largest absolute Gasteiger partial charge is 0.342 e. The minimum absolute atomic E-state index is 0.0114. The lowest BCUT2D eigenvalue weighted by Crippen LogP contribution is -2.39. The van der Waals surface area contributed by atoms with Gasteiger partial charge >= 0.3 is 0 Å². The molecule has 29 heavy (non-hydrogen) atoms. The van der Waals surface area contributed by atoms with Gasteiger partial charge in [-0.2, -0.15) is 0 Å². The van der Waals surface area contributed by atoms with Crippen molar-refractivity contribution in [3.05, 3.63) is 57.8 Å². The normalized spacial score (nSPS) is 20.0. The van der Waals surface area contributed by atoms with E-state index in [2.05, 4.69) is 43.8 Å². The smallest absolute Gasteiger partial charge is 0.257 e. The number of rotatable bonds is 3. The van der Waals surface area contributed by atoms with E-state index in [1.54, 1.807) is 12.4 Å². The summed E-state index contributed by atoms with van der Waals surface area (Å²) < 4.78 is 0. The zero-order chi connectivity index (χ0) is 19.8. The summed E-state index contributed by atoms with van der Waals surface area (Å²) in [6.07, 6.45) is 6.65. The van der Waals surface area contributed by atoms with E-state index < -0.39 is 0 Å². The zero-order valence-electron chi connectivity index (χ0n) is 16.8. The Labute approximate surface area is 169 Å². The molecule has 2 aromatic heterocycles. The molecule has 2 aliphatic rings. The molecule has 1 aromatic carbocycles. The standard InChI is InChI=1S/C22H26N6O/c1-15-3-2-9-28(12-15)22-25-18-6-10-27(14-17(18)21(29)26-22)13-16-4-5-19-20(11-16)24-8-7-23-19/h4-5,7-8,11,15H,2-3,6,9-10,12-14H2,1H3,(H,25,26,29). The van der Waals surface area contributed by atoms with Gasteiger partial charge in [0.05, 0.1) is 22.3 Å². The molecule has 7 heteroatoms. The van der Waals surface area contributed by atoms with Crippen LogP contribution in [0, 0.1) is 5.92 Å². The lowest BCUT2D eigenvalue weighted by molar-refractivity contribution is 0.242. The third-order valence-corrected chi connectivity index (χ3v) is 6.03. The van der Waals surface area contributed by atoms with Crippen molar-refractivity contribution in [1.29, 1.82) is 0 Å². The first kappa shape index (κ1) is 18.2. The van der Waals surface area contributed by atoms with Gasteiger partial charge in [-0.05, 0) is 36.5 Å². The quantitative estimate of drug-likeness (QED) is 0.740. The Bertz CT molecular complexity index is 1090. The van der Waals surface area contributed by atoms with Gasteiger partial charge in [0.1, 0.15) is 0 Å². The summed E-state index contributed by atoms with van der Waals surface area (Å²) in [7, 11) is 0. The Hall–Kier alpha value is -2.80. The Morgan fingerprint density at radius 2 is 2.03 bits per heavy atom. The minimum atomic E-state index is 0.0114. The van der Waals surface area contributed by atoms with Gasteiger partial charge in [-0.25, -0.2) is 4.98 Å². The number of anilines is 1. The number of hydrogen-bond donors (Lipinski definition) is 1. The first-order valence-corrected chi connectivity index (χ1v) is 10.4. The number of H-pyrrole nitrogens is 1. The van der Waals surface area contributed by atoms with Crippen LogP contribution in [0.1, 0.15) is 36.6 Å². The fourth-order valence-corrected chi connectivity index (χ4v) is 4.50. The van der Waals surface area contributed by atoms with Crippen molar-refractivity contribution in [2.75, 3.05) is 24.5 Å². The lowest BCUT2D eigenvalue weighted by Gasteiger charge is -2.33. The molecule has 7 nitrogen and oxygen atoms in total. The Balaban J connectivity index is 1.34. The average Bonchev–Trinajstić information content (AvgIpc) is 2.74. The van der Waals surface area contributed by atoms with Crippen molar-refractivity contribution in [1.82, 2.24) is 24.8 Å². The van der Waals surface area contributed by atoms with Crippen LogP contribution in [0.2, 0.25) is 0 Å². The van der Waals surface area contributed by atoms with E-state index >= 15 is 0 Å². The van der Waals surface area contributed by atoms with Crippen LogP contribution in [-0.2, 0) is 19.5 Å². The Morgan fingerprint density at radius 3 is 2.90 bits per heavy atom. The van der Waals surface area contributed by atoms with Crippen LogP contribution in [0.4, 0.5) is 5.95 Å². The molecule has 1 unspecified atom stereocenters. The highest BCUT2D eigenvalue weighted by atomic mass is 16.1. The molecule has 4 heterocycles. The molecule has 0 spiro atoms. The van der Waals surface area contributed by atoms with Crippen LogP contribution < -0.4 is 10.5 Å². The molecule has 0 aliphatic carbocycles. The summed E-state index contributed by atoms with van der Waals surface area (Å²) in [5.74, 6) is 1.40. The number of aromatic nitrogens is 4. The van der Waals surface area contributed by atoms with Crippen LogP contribution >= 0.6 is 0 Å². The number of piperidine rings is 1. The minimum Gasteiger partial charge on any atom is -0.342 e. The van der Waals surface area contributed by atoms with E-state index in [1.165, 1.54) is 12.0 Å². The third kappa shape index (κ3) is 3.74. The molecule has 150 valence electrons. The van der Waals surface area contributed by atoms with E-state index in [4.69, 9.17) is 4.98 Å². The Morgan fingerprint density at radius 1 is 1.17 bits per heavy atom. The van der Waals surface area contributed by atoms with E-state index in [0.29, 0.717) is 12.5 Å². The molecule has 1 atom stereocenters. The molecule has 2 aliphatic heterocycles. The highest BCUT2D eigenvalue weighted by Crippen LogP contribution is 2.22. The molecule has 0 saturated carbocycles. The summed E-state index contributed by atoms with van der Waals surface area (Å²) in [6.45, 7) is 6.53. The summed E-state index contributed by atoms with van der Waals surface area (Å²) in [5, 5.41) is 0. The third-order valence-electron chi connectivity index (χ3n) is 6.03. The predicted molar refractivity (Wildman–Crippen MR) is 113 cm³/mol. The number of nitrogens with one attached hydrogen (secondary N) is 1. The Kier molecular flexibility index (Phi) is 4.75. The topological polar surface area (TPSA) is 78.0 Å². The molecule has 0 radical (unpaired) electrons. The zero-order valence-corrected chi connectivity index (χ0v) is 16.8. The molecule has 5 rings (SSSR count). The summed E-state index contributed by atoms with van der Waals surface area (Å²) in [5.41, 5.74) is 4.78. The van der Waals surface area contributed by atoms with Crippen LogP contribution in [0.5, 0.6) is 0 Å². The fourth-order valence-electron chi connectivity index (χ4n) is 4.50. The van der Waals surface area contributed by atoms with Crippen molar-refractivity contribution >= 4 is 17.0 Å². The van der Waals surface area contributed by atoms with Gasteiger partial charge in [0, 0.05) is 51.5 Å². The van der Waals surface area contributed by atoms with Gasteiger partial charge < -0.3 is 4.90 Å². The number of aromatic amines is 1. The second-order valence-corrected chi connectivity index (χ2v) is 8.35. The van der Waals surface area contributed by atoms with Gasteiger partial charge in [0.25, 0.3) is 5.56 Å². The van der Waals surface area contributed by atoms with Gasteiger partial charge in [0.2, 0.25) is 5.95 Å². The van der Waals surface area contributed by atoms with Crippen molar-refractivity contribution in [3.63, 3.8) is 0 Å². The summed E-state index contributed by atoms with van der Waals surface area (Å²) in [6, 6.07) is 6.19. The highest BCUT2D eigenvalue weighted by molar-refractivity contribution is 5.74. The van der Waals surface area contributed by atoms with Crippen molar-refractivity contribution in [2.24, 2.45) is 5.92 Å². The first-order valence-electron chi connectivity index (χ1n) is 10.4. The molecular formula is C22H26N6O. The second-order valence-electron chi connectivity index (χ2n) is 8.35. The van der Waals surface area contributed by atoms with Gasteiger partial charge in [0.15, 0.2) is 0 Å². The maximum atomic E-state index is 12.8. The fraction of sp³-hybridized carbons (Fsp3) is 0.455. The SMILES string of the molecule is CC1CCCN(c2nc3c(c(=O)[nH]2)CN(Cc2ccc4nccnc4c2)CC3)C1. The van der Waals surface area contributed by atoms with Gasteiger partial charge in [-0.1, -0.05) is 13.0 Å². The van der Waals surface area contributed by atoms with Crippen molar-refractivity contribution in [2.45, 2.75) is 39.3 Å². The van der Waals surface area contributed by atoms with E-state index in [0.717, 1.165) is 67.3 Å². The van der Waals surface area contributed by atoms with Crippen molar-refractivity contribution in [3.8, 4) is 0 Å². The van der Waals surface area contributed by atoms with Crippen LogP contribution in [0.3, 0.4) is 0 Å². The van der Waals surface area contributed by atoms with Crippen LogP contribution in [0.15, 0.2) is 35.4 Å². The monoisotopic (exact) mass is 390 g/mol. The van der Waals surface area contributed by atoms with Crippen LogP contribution in [-0.4, -0.2) is 44.5 Å². The summed E-state index contributed by atoms with van der Waals surface area (Å²) in [4.78, 5) is 34.0. The maximum absolute atomic E-state index is 12.8.